The van der Waals surface area contributed by atoms with Gasteiger partial charge >= 0.3 is 0 Å². The van der Waals surface area contributed by atoms with Crippen LogP contribution in [-0.2, 0) is 9.59 Å². The monoisotopic (exact) mass is 300 g/mol. The first-order valence-electron chi connectivity index (χ1n) is 6.31. The van der Waals surface area contributed by atoms with E-state index in [4.69, 9.17) is 11.6 Å². The first-order chi connectivity index (χ1) is 9.31. The normalized spacial score (nSPS) is 10.5. The van der Waals surface area contributed by atoms with Crippen LogP contribution in [-0.4, -0.2) is 24.9 Å². The molecule has 0 saturated heterocycles. The summed E-state index contributed by atoms with van der Waals surface area (Å²) in [5.74, 6) is -0.824. The van der Waals surface area contributed by atoms with E-state index in [0.717, 1.165) is 0 Å². The van der Waals surface area contributed by atoms with Gasteiger partial charge in [-0.15, -0.1) is 0 Å². The fourth-order valence-electron chi connectivity index (χ4n) is 1.55. The Hall–Kier alpha value is -1.62. The summed E-state index contributed by atoms with van der Waals surface area (Å²) in [5, 5.41) is 2.64. The standard InChI is InChI=1S/C14H18ClFN2O2/c1-9(2)7-17-14(20)8-18(10(3)19)11-4-5-13(16)12(15)6-11/h4-6,9H,7-8H2,1-3H3,(H,17,20). The van der Waals surface area contributed by atoms with Crippen molar-refractivity contribution in [2.45, 2.75) is 20.8 Å². The fourth-order valence-corrected chi connectivity index (χ4v) is 1.73. The topological polar surface area (TPSA) is 49.4 Å². The predicted molar refractivity (Wildman–Crippen MR) is 77.3 cm³/mol. The van der Waals surface area contributed by atoms with Crippen LogP contribution in [0.4, 0.5) is 10.1 Å². The highest BCUT2D eigenvalue weighted by Gasteiger charge is 2.17. The highest BCUT2D eigenvalue weighted by Crippen LogP contribution is 2.22. The summed E-state index contributed by atoms with van der Waals surface area (Å²) in [5.41, 5.74) is 0.392. The van der Waals surface area contributed by atoms with E-state index in [-0.39, 0.29) is 23.4 Å². The highest BCUT2D eigenvalue weighted by atomic mass is 35.5. The molecule has 0 heterocycles. The van der Waals surface area contributed by atoms with Crippen LogP contribution in [0.2, 0.25) is 5.02 Å². The summed E-state index contributed by atoms with van der Waals surface area (Å²) in [6.45, 7) is 5.71. The van der Waals surface area contributed by atoms with Crippen molar-refractivity contribution in [3.05, 3.63) is 29.0 Å². The van der Waals surface area contributed by atoms with Crippen molar-refractivity contribution in [3.8, 4) is 0 Å². The Balaban J connectivity index is 2.81. The Morgan fingerprint density at radius 2 is 2.05 bits per heavy atom. The Labute approximate surface area is 122 Å². The molecule has 110 valence electrons. The lowest BCUT2D eigenvalue weighted by atomic mass is 10.2. The van der Waals surface area contributed by atoms with Gasteiger partial charge in [0.05, 0.1) is 5.02 Å². The summed E-state index contributed by atoms with van der Waals surface area (Å²) >= 11 is 5.69. The van der Waals surface area contributed by atoms with Crippen LogP contribution >= 0.6 is 11.6 Å². The van der Waals surface area contributed by atoms with Crippen LogP contribution in [0.1, 0.15) is 20.8 Å². The molecule has 0 unspecified atom stereocenters. The van der Waals surface area contributed by atoms with Gasteiger partial charge in [0.25, 0.3) is 0 Å². The van der Waals surface area contributed by atoms with E-state index in [2.05, 4.69) is 5.32 Å². The summed E-state index contributed by atoms with van der Waals surface area (Å²) in [6, 6.07) is 3.91. The molecule has 0 fully saturated rings. The van der Waals surface area contributed by atoms with Crippen LogP contribution in [0.15, 0.2) is 18.2 Å². The lowest BCUT2D eigenvalue weighted by Gasteiger charge is -2.21. The molecule has 1 aromatic carbocycles. The zero-order chi connectivity index (χ0) is 15.3. The molecule has 0 bridgehead atoms. The summed E-state index contributed by atoms with van der Waals surface area (Å²) in [7, 11) is 0. The smallest absolute Gasteiger partial charge is 0.240 e. The van der Waals surface area contributed by atoms with Crippen LogP contribution in [0.3, 0.4) is 0 Å². The Morgan fingerprint density at radius 3 is 2.55 bits per heavy atom. The maximum Gasteiger partial charge on any atom is 0.240 e. The van der Waals surface area contributed by atoms with Gasteiger partial charge in [0.15, 0.2) is 0 Å². The van der Waals surface area contributed by atoms with Crippen molar-refractivity contribution >= 4 is 29.1 Å². The fraction of sp³-hybridized carbons (Fsp3) is 0.429. The van der Waals surface area contributed by atoms with Crippen molar-refractivity contribution < 1.29 is 14.0 Å². The quantitative estimate of drug-likeness (QED) is 0.908. The number of amides is 2. The van der Waals surface area contributed by atoms with Crippen LogP contribution in [0.5, 0.6) is 0 Å². The average Bonchev–Trinajstić information content (AvgIpc) is 2.36. The van der Waals surface area contributed by atoms with Crippen molar-refractivity contribution in [1.82, 2.24) is 5.32 Å². The number of hydrogen-bond acceptors (Lipinski definition) is 2. The van der Waals surface area contributed by atoms with Crippen LogP contribution < -0.4 is 10.2 Å². The van der Waals surface area contributed by atoms with Gasteiger partial charge in [-0.25, -0.2) is 4.39 Å². The molecule has 1 aromatic rings. The van der Waals surface area contributed by atoms with Crippen molar-refractivity contribution in [3.63, 3.8) is 0 Å². The van der Waals surface area contributed by atoms with Crippen molar-refractivity contribution in [1.29, 1.82) is 0 Å². The van der Waals surface area contributed by atoms with E-state index < -0.39 is 5.82 Å². The van der Waals surface area contributed by atoms with Gasteiger partial charge in [0, 0.05) is 19.2 Å². The van der Waals surface area contributed by atoms with E-state index in [1.807, 2.05) is 13.8 Å². The third kappa shape index (κ3) is 4.81. The van der Waals surface area contributed by atoms with E-state index in [9.17, 15) is 14.0 Å². The van der Waals surface area contributed by atoms with E-state index in [0.29, 0.717) is 18.2 Å². The molecule has 0 aliphatic carbocycles. The van der Waals surface area contributed by atoms with Gasteiger partial charge in [-0.2, -0.15) is 0 Å². The molecule has 1 rings (SSSR count). The zero-order valence-corrected chi connectivity index (χ0v) is 12.5. The number of carbonyl (C=O) groups is 2. The van der Waals surface area contributed by atoms with Gasteiger partial charge in [-0.3, -0.25) is 9.59 Å². The summed E-state index contributed by atoms with van der Waals surface area (Å²) < 4.78 is 13.1. The predicted octanol–water partition coefficient (Wildman–Crippen LogP) is 2.60. The lowest BCUT2D eigenvalue weighted by molar-refractivity contribution is -0.123. The molecule has 4 nitrogen and oxygen atoms in total. The molecule has 0 aliphatic heterocycles. The average molecular weight is 301 g/mol. The maximum absolute atomic E-state index is 13.1. The molecule has 20 heavy (non-hydrogen) atoms. The third-order valence-electron chi connectivity index (χ3n) is 2.60. The second-order valence-electron chi connectivity index (χ2n) is 4.90. The van der Waals surface area contributed by atoms with Crippen molar-refractivity contribution in [2.75, 3.05) is 18.0 Å². The first kappa shape index (κ1) is 16.4. The molecular formula is C14H18ClFN2O2. The third-order valence-corrected chi connectivity index (χ3v) is 2.89. The van der Waals surface area contributed by atoms with Gasteiger partial charge in [0.2, 0.25) is 11.8 Å². The van der Waals surface area contributed by atoms with Crippen LogP contribution in [0, 0.1) is 11.7 Å². The number of halogens is 2. The second-order valence-corrected chi connectivity index (χ2v) is 5.31. The molecule has 0 radical (unpaired) electrons. The number of hydrogen-bond donors (Lipinski definition) is 1. The van der Waals surface area contributed by atoms with Crippen LogP contribution in [0.25, 0.3) is 0 Å². The molecule has 2 amide bonds. The lowest BCUT2D eigenvalue weighted by Crippen LogP contribution is -2.40. The Bertz CT molecular complexity index is 506. The van der Waals surface area contributed by atoms with E-state index >= 15 is 0 Å². The molecule has 0 aromatic heterocycles. The summed E-state index contributed by atoms with van der Waals surface area (Å²) in [4.78, 5) is 24.6. The molecule has 0 spiro atoms. The Morgan fingerprint density at radius 1 is 1.40 bits per heavy atom. The van der Waals surface area contributed by atoms with Gasteiger partial charge in [-0.05, 0) is 24.1 Å². The summed E-state index contributed by atoms with van der Waals surface area (Å²) in [6.07, 6.45) is 0. The van der Waals surface area contributed by atoms with Gasteiger partial charge < -0.3 is 10.2 Å². The molecule has 6 heteroatoms. The van der Waals surface area contributed by atoms with E-state index in [1.165, 1.54) is 30.0 Å². The number of rotatable bonds is 5. The number of nitrogens with zero attached hydrogens (tertiary/aromatic N) is 1. The molecule has 1 N–H and O–H groups in total. The Kier molecular flexibility index (Phi) is 5.95. The number of nitrogens with one attached hydrogen (secondary N) is 1. The SMILES string of the molecule is CC(=O)N(CC(=O)NCC(C)C)c1ccc(F)c(Cl)c1. The molecule has 0 saturated carbocycles. The number of benzene rings is 1. The maximum atomic E-state index is 13.1. The number of anilines is 1. The van der Waals surface area contributed by atoms with E-state index in [1.54, 1.807) is 0 Å². The molecule has 0 aliphatic rings. The molecule has 0 atom stereocenters. The number of carbonyl (C=O) groups excluding carboxylic acids is 2. The largest absolute Gasteiger partial charge is 0.354 e. The highest BCUT2D eigenvalue weighted by molar-refractivity contribution is 6.31. The first-order valence-corrected chi connectivity index (χ1v) is 6.69. The van der Waals surface area contributed by atoms with Gasteiger partial charge in [-0.1, -0.05) is 25.4 Å². The molecular weight excluding hydrogens is 283 g/mol. The minimum Gasteiger partial charge on any atom is -0.354 e. The minimum atomic E-state index is -0.567. The van der Waals surface area contributed by atoms with Crippen molar-refractivity contribution in [2.24, 2.45) is 5.92 Å². The zero-order valence-electron chi connectivity index (χ0n) is 11.7. The second kappa shape index (κ2) is 7.24. The minimum absolute atomic E-state index is 0.0867. The van der Waals surface area contributed by atoms with Gasteiger partial charge in [0.1, 0.15) is 12.4 Å².